The molecule has 0 aliphatic heterocycles. The predicted octanol–water partition coefficient (Wildman–Crippen LogP) is 2.88. The van der Waals surface area contributed by atoms with E-state index in [0.29, 0.717) is 0 Å². The van der Waals surface area contributed by atoms with Gasteiger partial charge in [0.05, 0.1) is 0 Å². The predicted molar refractivity (Wildman–Crippen MR) is 73.5 cm³/mol. The quantitative estimate of drug-likeness (QED) is 0.730. The van der Waals surface area contributed by atoms with Crippen molar-refractivity contribution in [3.8, 4) is 0 Å². The van der Waals surface area contributed by atoms with Gasteiger partial charge in [0.25, 0.3) is 0 Å². The maximum absolute atomic E-state index is 6.08. The molecule has 0 atom stereocenters. The second-order valence-electron chi connectivity index (χ2n) is 4.78. The normalized spacial score (nSPS) is 15.2. The van der Waals surface area contributed by atoms with Crippen LogP contribution in [-0.2, 0) is 6.54 Å². The van der Waals surface area contributed by atoms with Crippen LogP contribution in [0.15, 0.2) is 18.2 Å². The number of hydrogen-bond acceptors (Lipinski definition) is 2. The average molecular weight is 253 g/mol. The van der Waals surface area contributed by atoms with Crippen LogP contribution in [0.1, 0.15) is 30.4 Å². The summed E-state index contributed by atoms with van der Waals surface area (Å²) >= 11 is 6.08. The largest absolute Gasteiger partial charge is 0.314 e. The van der Waals surface area contributed by atoms with Gasteiger partial charge in [-0.1, -0.05) is 23.7 Å². The van der Waals surface area contributed by atoms with Crippen molar-refractivity contribution >= 4 is 11.6 Å². The van der Waals surface area contributed by atoms with E-state index >= 15 is 0 Å². The van der Waals surface area contributed by atoms with Gasteiger partial charge in [-0.25, -0.2) is 0 Å². The van der Waals surface area contributed by atoms with E-state index in [2.05, 4.69) is 23.6 Å². The maximum atomic E-state index is 6.08. The van der Waals surface area contributed by atoms with Gasteiger partial charge in [0, 0.05) is 17.6 Å². The third kappa shape index (κ3) is 4.30. The lowest BCUT2D eigenvalue weighted by atomic mass is 10.1. The summed E-state index contributed by atoms with van der Waals surface area (Å²) in [4.78, 5) is 0. The van der Waals surface area contributed by atoms with Crippen LogP contribution < -0.4 is 10.6 Å². The van der Waals surface area contributed by atoms with Crippen molar-refractivity contribution in [2.45, 2.75) is 38.8 Å². The van der Waals surface area contributed by atoms with Crippen LogP contribution >= 0.6 is 11.6 Å². The Hall–Kier alpha value is -0.570. The number of nitrogens with one attached hydrogen (secondary N) is 2. The zero-order valence-corrected chi connectivity index (χ0v) is 11.2. The van der Waals surface area contributed by atoms with Gasteiger partial charge in [-0.15, -0.1) is 0 Å². The first kappa shape index (κ1) is 12.9. The molecule has 17 heavy (non-hydrogen) atoms. The van der Waals surface area contributed by atoms with Gasteiger partial charge in [-0.2, -0.15) is 0 Å². The van der Waals surface area contributed by atoms with Crippen molar-refractivity contribution in [2.24, 2.45) is 0 Å². The molecule has 0 aromatic heterocycles. The van der Waals surface area contributed by atoms with Gasteiger partial charge in [-0.3, -0.25) is 0 Å². The number of benzene rings is 1. The molecule has 2 nitrogen and oxygen atoms in total. The van der Waals surface area contributed by atoms with E-state index in [1.165, 1.54) is 30.4 Å². The van der Waals surface area contributed by atoms with E-state index in [-0.39, 0.29) is 0 Å². The summed E-state index contributed by atoms with van der Waals surface area (Å²) in [5.41, 5.74) is 2.49. The zero-order chi connectivity index (χ0) is 12.1. The minimum absolute atomic E-state index is 0.824. The Morgan fingerprint density at radius 3 is 2.88 bits per heavy atom. The molecule has 0 spiro atoms. The van der Waals surface area contributed by atoms with Crippen molar-refractivity contribution < 1.29 is 0 Å². The molecule has 1 aromatic carbocycles. The molecule has 94 valence electrons. The molecular weight excluding hydrogens is 232 g/mol. The third-order valence-corrected chi connectivity index (χ3v) is 3.65. The standard InChI is InChI=1S/C14H21ClN2/c1-11-12(4-2-5-14(11)15)10-16-8-3-9-17-13-6-7-13/h2,4-5,13,16-17H,3,6-10H2,1H3. The average Bonchev–Trinajstić information content (AvgIpc) is 3.12. The molecule has 2 N–H and O–H groups in total. The minimum Gasteiger partial charge on any atom is -0.314 e. The molecule has 1 aliphatic carbocycles. The third-order valence-electron chi connectivity index (χ3n) is 3.24. The van der Waals surface area contributed by atoms with Gasteiger partial charge in [0.15, 0.2) is 0 Å². The minimum atomic E-state index is 0.824. The highest BCUT2D eigenvalue weighted by Crippen LogP contribution is 2.19. The van der Waals surface area contributed by atoms with Crippen LogP contribution in [0.2, 0.25) is 5.02 Å². The van der Waals surface area contributed by atoms with E-state index in [1.807, 2.05) is 12.1 Å². The van der Waals surface area contributed by atoms with Crippen LogP contribution in [0, 0.1) is 6.92 Å². The van der Waals surface area contributed by atoms with Crippen molar-refractivity contribution in [3.63, 3.8) is 0 Å². The highest BCUT2D eigenvalue weighted by molar-refractivity contribution is 6.31. The first-order valence-corrected chi connectivity index (χ1v) is 6.83. The summed E-state index contributed by atoms with van der Waals surface area (Å²) in [5, 5.41) is 7.84. The van der Waals surface area contributed by atoms with E-state index in [1.54, 1.807) is 0 Å². The maximum Gasteiger partial charge on any atom is 0.0438 e. The van der Waals surface area contributed by atoms with Crippen LogP contribution in [0.5, 0.6) is 0 Å². The Balaban J connectivity index is 1.61. The summed E-state index contributed by atoms with van der Waals surface area (Å²) in [6.07, 6.45) is 3.93. The van der Waals surface area contributed by atoms with E-state index in [4.69, 9.17) is 11.6 Å². The van der Waals surface area contributed by atoms with Crippen molar-refractivity contribution in [1.29, 1.82) is 0 Å². The molecule has 1 aromatic rings. The molecule has 1 aliphatic rings. The summed E-state index contributed by atoms with van der Waals surface area (Å²) in [5.74, 6) is 0. The molecule has 0 amide bonds. The fraction of sp³-hybridized carbons (Fsp3) is 0.571. The Bertz CT molecular complexity index is 361. The SMILES string of the molecule is Cc1c(Cl)cccc1CNCCCNC1CC1. The number of hydrogen-bond donors (Lipinski definition) is 2. The van der Waals surface area contributed by atoms with Gasteiger partial charge in [-0.05, 0) is 56.5 Å². The number of rotatable bonds is 7. The fourth-order valence-corrected chi connectivity index (χ4v) is 2.07. The number of halogens is 1. The van der Waals surface area contributed by atoms with Gasteiger partial charge in [0.2, 0.25) is 0 Å². The van der Waals surface area contributed by atoms with Gasteiger partial charge < -0.3 is 10.6 Å². The summed E-state index contributed by atoms with van der Waals surface area (Å²) < 4.78 is 0. The molecule has 0 unspecified atom stereocenters. The van der Waals surface area contributed by atoms with Crippen molar-refractivity contribution in [1.82, 2.24) is 10.6 Å². The lowest BCUT2D eigenvalue weighted by Gasteiger charge is -2.09. The molecule has 3 heteroatoms. The molecule has 0 heterocycles. The molecule has 2 rings (SSSR count). The first-order chi connectivity index (χ1) is 8.27. The van der Waals surface area contributed by atoms with E-state index in [9.17, 15) is 0 Å². The molecule has 0 radical (unpaired) electrons. The molecular formula is C14H21ClN2. The first-order valence-electron chi connectivity index (χ1n) is 6.45. The highest BCUT2D eigenvalue weighted by atomic mass is 35.5. The van der Waals surface area contributed by atoms with Crippen LogP contribution in [-0.4, -0.2) is 19.1 Å². The Morgan fingerprint density at radius 2 is 2.12 bits per heavy atom. The second-order valence-corrected chi connectivity index (χ2v) is 5.19. The zero-order valence-electron chi connectivity index (χ0n) is 10.4. The summed E-state index contributed by atoms with van der Waals surface area (Å²) in [7, 11) is 0. The Kier molecular flexibility index (Phi) is 4.84. The molecule has 0 saturated heterocycles. The highest BCUT2D eigenvalue weighted by Gasteiger charge is 2.19. The Labute approximate surface area is 109 Å². The summed E-state index contributed by atoms with van der Waals surface area (Å²) in [6, 6.07) is 6.92. The van der Waals surface area contributed by atoms with Crippen molar-refractivity contribution in [3.05, 3.63) is 34.3 Å². The topological polar surface area (TPSA) is 24.1 Å². The molecule has 1 fully saturated rings. The lowest BCUT2D eigenvalue weighted by molar-refractivity contribution is 0.592. The fourth-order valence-electron chi connectivity index (χ4n) is 1.87. The molecule has 1 saturated carbocycles. The van der Waals surface area contributed by atoms with Crippen LogP contribution in [0.25, 0.3) is 0 Å². The van der Waals surface area contributed by atoms with Crippen LogP contribution in [0.3, 0.4) is 0 Å². The second kappa shape index (κ2) is 6.39. The van der Waals surface area contributed by atoms with E-state index < -0.39 is 0 Å². The lowest BCUT2D eigenvalue weighted by Crippen LogP contribution is -2.23. The van der Waals surface area contributed by atoms with Gasteiger partial charge >= 0.3 is 0 Å². The Morgan fingerprint density at radius 1 is 1.29 bits per heavy atom. The van der Waals surface area contributed by atoms with Gasteiger partial charge in [0.1, 0.15) is 0 Å². The van der Waals surface area contributed by atoms with Crippen LogP contribution in [0.4, 0.5) is 0 Å². The van der Waals surface area contributed by atoms with Crippen molar-refractivity contribution in [2.75, 3.05) is 13.1 Å². The van der Waals surface area contributed by atoms with E-state index in [0.717, 1.165) is 30.7 Å². The monoisotopic (exact) mass is 252 g/mol. The smallest absolute Gasteiger partial charge is 0.0438 e. The molecule has 0 bridgehead atoms. The summed E-state index contributed by atoms with van der Waals surface area (Å²) in [6.45, 7) is 5.18.